The van der Waals surface area contributed by atoms with E-state index in [0.717, 1.165) is 27.1 Å². The molecular formula is C45H80. The average Bonchev–Trinajstić information content (AvgIpc) is 3.61. The summed E-state index contributed by atoms with van der Waals surface area (Å²) in [5, 5.41) is 0. The molecule has 0 aliphatic heterocycles. The molecule has 10 aliphatic rings. The van der Waals surface area contributed by atoms with E-state index in [9.17, 15) is 0 Å². The van der Waals surface area contributed by atoms with Crippen LogP contribution in [0.1, 0.15) is 257 Å². The summed E-state index contributed by atoms with van der Waals surface area (Å²) in [6.07, 6.45) is 61.8. The lowest BCUT2D eigenvalue weighted by atomic mass is 9.65. The first kappa shape index (κ1) is 34.8. The summed E-state index contributed by atoms with van der Waals surface area (Å²) < 4.78 is 0. The molecule has 0 unspecified atom stereocenters. The van der Waals surface area contributed by atoms with E-state index < -0.39 is 0 Å². The van der Waals surface area contributed by atoms with Gasteiger partial charge in [-0.05, 0) is 155 Å². The van der Waals surface area contributed by atoms with Gasteiger partial charge in [-0.25, -0.2) is 0 Å². The fourth-order valence-electron chi connectivity index (χ4n) is 12.6. The summed E-state index contributed by atoms with van der Waals surface area (Å²) in [5.74, 6) is 0. The van der Waals surface area contributed by atoms with Crippen LogP contribution in [0.25, 0.3) is 0 Å². The lowest BCUT2D eigenvalue weighted by Gasteiger charge is -2.40. The fourth-order valence-corrected chi connectivity index (χ4v) is 12.6. The van der Waals surface area contributed by atoms with E-state index in [0.29, 0.717) is 0 Å². The highest BCUT2D eigenvalue weighted by molar-refractivity contribution is 4.96. The van der Waals surface area contributed by atoms with Crippen molar-refractivity contribution in [3.05, 3.63) is 0 Å². The second-order valence-electron chi connectivity index (χ2n) is 19.6. The molecule has 0 saturated heterocycles. The highest BCUT2D eigenvalue weighted by Gasteiger charge is 2.44. The predicted octanol–water partition coefficient (Wildman–Crippen LogP) is 15.6. The number of rotatable bonds is 0. The van der Waals surface area contributed by atoms with E-state index in [-0.39, 0.29) is 0 Å². The molecule has 0 amide bonds. The van der Waals surface area contributed by atoms with Crippen LogP contribution in [-0.4, -0.2) is 0 Å². The van der Waals surface area contributed by atoms with Crippen molar-refractivity contribution in [2.24, 2.45) is 27.1 Å². The van der Waals surface area contributed by atoms with E-state index in [1.165, 1.54) is 128 Å². The first-order valence-corrected chi connectivity index (χ1v) is 22.1. The van der Waals surface area contributed by atoms with Gasteiger partial charge in [0.25, 0.3) is 0 Å². The van der Waals surface area contributed by atoms with Crippen molar-refractivity contribution in [2.45, 2.75) is 257 Å². The third-order valence-corrected chi connectivity index (χ3v) is 16.2. The third kappa shape index (κ3) is 10.5. The summed E-state index contributed by atoms with van der Waals surface area (Å²) in [6, 6.07) is 0. The van der Waals surface area contributed by atoms with Crippen molar-refractivity contribution in [1.29, 1.82) is 0 Å². The zero-order valence-electron chi connectivity index (χ0n) is 30.8. The second-order valence-corrected chi connectivity index (χ2v) is 19.6. The van der Waals surface area contributed by atoms with E-state index in [1.807, 2.05) is 0 Å². The van der Waals surface area contributed by atoms with Crippen LogP contribution in [-0.2, 0) is 0 Å². The molecule has 0 aromatic rings. The van der Waals surface area contributed by atoms with Gasteiger partial charge in [0, 0.05) is 0 Å². The monoisotopic (exact) mass is 621 g/mol. The van der Waals surface area contributed by atoms with Gasteiger partial charge in [-0.1, -0.05) is 128 Å². The molecule has 0 radical (unpaired) electrons. The molecule has 0 aromatic heterocycles. The molecule has 10 saturated carbocycles. The topological polar surface area (TPSA) is 0 Å². The van der Waals surface area contributed by atoms with Gasteiger partial charge in [0.2, 0.25) is 0 Å². The molecule has 0 heteroatoms. The van der Waals surface area contributed by atoms with Crippen molar-refractivity contribution in [2.75, 3.05) is 0 Å². The predicted molar refractivity (Wildman–Crippen MR) is 197 cm³/mol. The SMILES string of the molecule is C1CCC2(C1)CC2.C1CCC2(C1)CCCC2.C1CCC2(CC1)CC2.C1CCC2(CC1)CCCC2.C1CCC2(CC1)CCCCC2. The van der Waals surface area contributed by atoms with Crippen LogP contribution in [0.3, 0.4) is 0 Å². The summed E-state index contributed by atoms with van der Waals surface area (Å²) in [5.41, 5.74) is 4.49. The first-order chi connectivity index (χ1) is 22.1. The number of hydrogen-bond acceptors (Lipinski definition) is 0. The maximum atomic E-state index is 1.56. The molecule has 10 aliphatic carbocycles. The molecule has 0 aromatic carbocycles. The molecule has 10 fully saturated rings. The van der Waals surface area contributed by atoms with Crippen LogP contribution >= 0.6 is 0 Å². The van der Waals surface area contributed by atoms with Crippen molar-refractivity contribution >= 4 is 0 Å². The van der Waals surface area contributed by atoms with Gasteiger partial charge in [-0.15, -0.1) is 0 Å². The van der Waals surface area contributed by atoms with E-state index in [4.69, 9.17) is 0 Å². The van der Waals surface area contributed by atoms with Crippen molar-refractivity contribution in [3.63, 3.8) is 0 Å². The number of hydrogen-bond donors (Lipinski definition) is 0. The van der Waals surface area contributed by atoms with Gasteiger partial charge < -0.3 is 0 Å². The van der Waals surface area contributed by atoms with Crippen molar-refractivity contribution < 1.29 is 0 Å². The highest BCUT2D eigenvalue weighted by Crippen LogP contribution is 2.58. The van der Waals surface area contributed by atoms with Crippen LogP contribution in [0.2, 0.25) is 0 Å². The van der Waals surface area contributed by atoms with Gasteiger partial charge in [0.1, 0.15) is 0 Å². The Morgan fingerprint density at radius 2 is 0.222 bits per heavy atom. The quantitative estimate of drug-likeness (QED) is 0.253. The highest BCUT2D eigenvalue weighted by atomic mass is 14.5. The molecule has 260 valence electrons. The Balaban J connectivity index is 0.0000000999. The van der Waals surface area contributed by atoms with Crippen LogP contribution in [0.4, 0.5) is 0 Å². The van der Waals surface area contributed by atoms with Gasteiger partial charge in [-0.3, -0.25) is 0 Å². The van der Waals surface area contributed by atoms with E-state index in [2.05, 4.69) is 0 Å². The Morgan fingerprint density at radius 1 is 0.111 bits per heavy atom. The lowest BCUT2D eigenvalue weighted by molar-refractivity contribution is 0.124. The summed E-state index contributed by atoms with van der Waals surface area (Å²) in [4.78, 5) is 0. The Kier molecular flexibility index (Phi) is 12.9. The first-order valence-electron chi connectivity index (χ1n) is 22.1. The van der Waals surface area contributed by atoms with Gasteiger partial charge in [0.15, 0.2) is 0 Å². The summed E-state index contributed by atoms with van der Waals surface area (Å²) in [7, 11) is 0. The van der Waals surface area contributed by atoms with Crippen LogP contribution in [0.15, 0.2) is 0 Å². The smallest absolute Gasteiger partial charge is 0.0297 e. The fraction of sp³-hybridized carbons (Fsp3) is 1.00. The Morgan fingerprint density at radius 3 is 0.356 bits per heavy atom. The molecule has 0 heterocycles. The van der Waals surface area contributed by atoms with E-state index >= 15 is 0 Å². The molecule has 0 N–H and O–H groups in total. The zero-order valence-corrected chi connectivity index (χ0v) is 30.8. The maximum absolute atomic E-state index is 1.56. The van der Waals surface area contributed by atoms with Crippen molar-refractivity contribution in [1.82, 2.24) is 0 Å². The Hall–Kier alpha value is 0. The van der Waals surface area contributed by atoms with Crippen LogP contribution in [0.5, 0.6) is 0 Å². The van der Waals surface area contributed by atoms with Gasteiger partial charge in [-0.2, -0.15) is 0 Å². The average molecular weight is 621 g/mol. The Bertz CT molecular complexity index is 749. The molecule has 0 bridgehead atoms. The van der Waals surface area contributed by atoms with Crippen LogP contribution < -0.4 is 0 Å². The lowest BCUT2D eigenvalue weighted by Crippen LogP contribution is -2.26. The largest absolute Gasteiger partial charge is 0.0533 e. The maximum Gasteiger partial charge on any atom is -0.0297 e. The summed E-state index contributed by atoms with van der Waals surface area (Å²) in [6.45, 7) is 0. The minimum absolute atomic E-state index is 0.858. The van der Waals surface area contributed by atoms with Crippen LogP contribution in [0, 0.1) is 27.1 Å². The minimum atomic E-state index is 0.858. The third-order valence-electron chi connectivity index (χ3n) is 16.2. The Labute approximate surface area is 283 Å². The standard InChI is InChI=1S/C11H20.C10H18.C9H16.C8H14.C7H12/c1-3-7-11(8-4-1)9-5-2-6-10-11;1-2-6-10(7-3-1)8-4-5-9-10;1-2-6-9(5-1)7-3-4-8-9;1-2-4-8(5-3-1)6-7-8;1-2-4-7(3-1)5-6-7/h1-10H2;1-9H2;1-8H2;1-7H2;1-6H2. The van der Waals surface area contributed by atoms with E-state index in [1.54, 1.807) is 128 Å². The molecule has 5 spiro atoms. The zero-order chi connectivity index (χ0) is 30.8. The molecular weight excluding hydrogens is 540 g/mol. The molecule has 10 rings (SSSR count). The molecule has 0 nitrogen and oxygen atoms in total. The normalized spacial score (nSPS) is 32.0. The second kappa shape index (κ2) is 16.6. The van der Waals surface area contributed by atoms with Gasteiger partial charge in [0.05, 0.1) is 0 Å². The van der Waals surface area contributed by atoms with Gasteiger partial charge >= 0.3 is 0 Å². The summed E-state index contributed by atoms with van der Waals surface area (Å²) >= 11 is 0. The molecule has 45 heavy (non-hydrogen) atoms. The molecule has 0 atom stereocenters. The van der Waals surface area contributed by atoms with Crippen molar-refractivity contribution in [3.8, 4) is 0 Å². The minimum Gasteiger partial charge on any atom is -0.0533 e.